The van der Waals surface area contributed by atoms with Gasteiger partial charge in [0, 0.05) is 19.5 Å². The summed E-state index contributed by atoms with van der Waals surface area (Å²) in [6, 6.07) is 23.9. The predicted molar refractivity (Wildman–Crippen MR) is 159 cm³/mol. The maximum atomic E-state index is 13.5. The highest BCUT2D eigenvalue weighted by molar-refractivity contribution is 5.42. The van der Waals surface area contributed by atoms with Gasteiger partial charge < -0.3 is 14.4 Å². The highest BCUT2D eigenvalue weighted by atomic mass is 19.1. The topological polar surface area (TPSA) is 21.7 Å². The molecule has 0 radical (unpaired) electrons. The lowest BCUT2D eigenvalue weighted by atomic mass is 9.85. The molecule has 2 fully saturated rings. The molecule has 0 spiro atoms. The van der Waals surface area contributed by atoms with Gasteiger partial charge in [-0.3, -0.25) is 0 Å². The molecule has 0 bridgehead atoms. The number of halogens is 1. The minimum atomic E-state index is -0.113. The summed E-state index contributed by atoms with van der Waals surface area (Å²) < 4.78 is 24.9. The fourth-order valence-corrected chi connectivity index (χ4v) is 5.28. The number of nitrogens with zero attached hydrogens (tertiary/aromatic N) is 1. The van der Waals surface area contributed by atoms with Crippen molar-refractivity contribution in [2.45, 2.75) is 70.8 Å². The van der Waals surface area contributed by atoms with E-state index in [1.54, 1.807) is 12.1 Å². The predicted octanol–water partition coefficient (Wildman–Crippen LogP) is 8.06. The summed E-state index contributed by atoms with van der Waals surface area (Å²) in [7, 11) is 2.13. The van der Waals surface area contributed by atoms with Gasteiger partial charge >= 0.3 is 0 Å². The minimum Gasteiger partial charge on any atom is -0.493 e. The van der Waals surface area contributed by atoms with Crippen LogP contribution < -0.4 is 4.74 Å². The van der Waals surface area contributed by atoms with Gasteiger partial charge in [0.25, 0.3) is 0 Å². The molecule has 1 saturated heterocycles. The van der Waals surface area contributed by atoms with Crippen LogP contribution in [0, 0.1) is 11.7 Å². The third-order valence-corrected chi connectivity index (χ3v) is 7.41. The van der Waals surface area contributed by atoms with Crippen LogP contribution in [0.1, 0.15) is 74.1 Å². The standard InChI is InChI=1S/C19H21F.C13H19NO2.C3H6/c1-13(2)9-17-11-16-12-18(20)8-7-14(16)10-15-5-3-4-6-19(15)17;1-14-8-10-16-13(11-14)7-9-15-12-5-3-2-4-6-12;1-2-3-1/h3-8,12-13,17H,9-11H2,1-2H3;2-6,13H,7-11H2,1H3;1-3H2/t17-;;/m0../s1. The summed E-state index contributed by atoms with van der Waals surface area (Å²) in [6.07, 6.45) is 8.83. The van der Waals surface area contributed by atoms with Crippen molar-refractivity contribution in [3.8, 4) is 5.75 Å². The van der Waals surface area contributed by atoms with Crippen LogP contribution in [0.3, 0.4) is 0 Å². The van der Waals surface area contributed by atoms with E-state index in [2.05, 4.69) is 50.1 Å². The Balaban J connectivity index is 0.000000166. The van der Waals surface area contributed by atoms with Crippen molar-refractivity contribution >= 4 is 0 Å². The van der Waals surface area contributed by atoms with Crippen molar-refractivity contribution in [3.63, 3.8) is 0 Å². The Morgan fingerprint density at radius 2 is 1.67 bits per heavy atom. The van der Waals surface area contributed by atoms with Crippen LogP contribution >= 0.6 is 0 Å². The molecule has 2 atom stereocenters. The van der Waals surface area contributed by atoms with E-state index in [-0.39, 0.29) is 5.82 Å². The second-order valence-electron chi connectivity index (χ2n) is 11.6. The molecule has 4 heteroatoms. The average molecular weight is 532 g/mol. The summed E-state index contributed by atoms with van der Waals surface area (Å²) in [6.45, 7) is 8.14. The Morgan fingerprint density at radius 3 is 2.38 bits per heavy atom. The Morgan fingerprint density at radius 1 is 0.923 bits per heavy atom. The monoisotopic (exact) mass is 531 g/mol. The molecule has 0 N–H and O–H groups in total. The molecule has 0 amide bonds. The highest BCUT2D eigenvalue weighted by Crippen LogP contribution is 2.35. The third-order valence-electron chi connectivity index (χ3n) is 7.41. The number of hydrogen-bond acceptors (Lipinski definition) is 3. The molecule has 3 aliphatic rings. The van der Waals surface area contributed by atoms with E-state index < -0.39 is 0 Å². The molecular formula is C35H46FNO2. The third kappa shape index (κ3) is 10.1. The zero-order valence-electron chi connectivity index (χ0n) is 24.1. The Labute approximate surface area is 235 Å². The zero-order valence-corrected chi connectivity index (χ0v) is 24.1. The van der Waals surface area contributed by atoms with Gasteiger partial charge in [0.1, 0.15) is 11.6 Å². The highest BCUT2D eigenvalue weighted by Gasteiger charge is 2.23. The molecule has 210 valence electrons. The number of para-hydroxylation sites is 1. The summed E-state index contributed by atoms with van der Waals surface area (Å²) in [4.78, 5) is 2.30. The Kier molecular flexibility index (Phi) is 11.4. The quantitative estimate of drug-likeness (QED) is 0.321. The first-order valence-corrected chi connectivity index (χ1v) is 14.8. The van der Waals surface area contributed by atoms with Crippen LogP contribution in [0.4, 0.5) is 4.39 Å². The van der Waals surface area contributed by atoms with Crippen molar-refractivity contribution in [2.24, 2.45) is 5.92 Å². The first-order chi connectivity index (χ1) is 19.0. The van der Waals surface area contributed by atoms with Crippen LogP contribution in [0.2, 0.25) is 0 Å². The number of benzene rings is 3. The molecule has 1 heterocycles. The lowest BCUT2D eigenvalue weighted by Crippen LogP contribution is -2.40. The number of hydrogen-bond donors (Lipinski definition) is 0. The molecule has 3 aromatic rings. The maximum Gasteiger partial charge on any atom is 0.123 e. The Hall–Kier alpha value is -2.69. The van der Waals surface area contributed by atoms with E-state index in [0.717, 1.165) is 57.7 Å². The van der Waals surface area contributed by atoms with Crippen LogP contribution in [-0.4, -0.2) is 44.4 Å². The molecule has 3 nitrogen and oxygen atoms in total. The second-order valence-corrected chi connectivity index (χ2v) is 11.6. The van der Waals surface area contributed by atoms with Crippen molar-refractivity contribution in [3.05, 3.63) is 101 Å². The number of rotatable bonds is 6. The van der Waals surface area contributed by atoms with E-state index in [1.165, 1.54) is 41.5 Å². The van der Waals surface area contributed by atoms with Crippen LogP contribution in [0.25, 0.3) is 0 Å². The number of ether oxygens (including phenoxy) is 2. The van der Waals surface area contributed by atoms with Gasteiger partial charge in [0.2, 0.25) is 0 Å². The molecule has 39 heavy (non-hydrogen) atoms. The van der Waals surface area contributed by atoms with Crippen LogP contribution in [0.5, 0.6) is 5.75 Å². The van der Waals surface area contributed by atoms with E-state index in [1.807, 2.05) is 36.4 Å². The van der Waals surface area contributed by atoms with Crippen molar-refractivity contribution in [2.75, 3.05) is 33.4 Å². The SMILES string of the molecule is C1CC1.CC(C)C[C@H]1Cc2cc(F)ccc2Cc2ccccc21.CN1CCOC(CCOc2ccccc2)C1. The summed E-state index contributed by atoms with van der Waals surface area (Å²) in [5.41, 5.74) is 5.33. The fourth-order valence-electron chi connectivity index (χ4n) is 5.28. The number of likely N-dealkylation sites (N-methyl/N-ethyl adjacent to an activating group) is 1. The van der Waals surface area contributed by atoms with Crippen molar-refractivity contribution in [1.82, 2.24) is 4.90 Å². The van der Waals surface area contributed by atoms with Crippen molar-refractivity contribution in [1.29, 1.82) is 0 Å². The van der Waals surface area contributed by atoms with Gasteiger partial charge in [-0.25, -0.2) is 4.39 Å². The number of fused-ring (bicyclic) bond motifs is 2. The lowest BCUT2D eigenvalue weighted by molar-refractivity contribution is -0.0284. The number of morpholine rings is 1. The van der Waals surface area contributed by atoms with E-state index in [0.29, 0.717) is 17.9 Å². The van der Waals surface area contributed by atoms with Crippen LogP contribution in [0.15, 0.2) is 72.8 Å². The zero-order chi connectivity index (χ0) is 27.5. The summed E-state index contributed by atoms with van der Waals surface area (Å²) in [5.74, 6) is 1.99. The van der Waals surface area contributed by atoms with Gasteiger partial charge in [-0.1, -0.05) is 81.6 Å². The summed E-state index contributed by atoms with van der Waals surface area (Å²) >= 11 is 0. The van der Waals surface area contributed by atoms with Gasteiger partial charge in [-0.05, 0) is 84.7 Å². The summed E-state index contributed by atoms with van der Waals surface area (Å²) in [5, 5.41) is 0. The van der Waals surface area contributed by atoms with Gasteiger partial charge in [0.15, 0.2) is 0 Å². The first-order valence-electron chi connectivity index (χ1n) is 14.8. The molecule has 2 aliphatic carbocycles. The largest absolute Gasteiger partial charge is 0.493 e. The molecule has 6 rings (SSSR count). The molecule has 0 aromatic heterocycles. The molecule has 1 aliphatic heterocycles. The minimum absolute atomic E-state index is 0.113. The molecular weight excluding hydrogens is 485 g/mol. The van der Waals surface area contributed by atoms with E-state index in [9.17, 15) is 4.39 Å². The molecule has 1 saturated carbocycles. The smallest absolute Gasteiger partial charge is 0.123 e. The fraction of sp³-hybridized carbons (Fsp3) is 0.486. The maximum absolute atomic E-state index is 13.5. The lowest BCUT2D eigenvalue weighted by Gasteiger charge is -2.29. The molecule has 3 aromatic carbocycles. The van der Waals surface area contributed by atoms with Crippen molar-refractivity contribution < 1.29 is 13.9 Å². The second kappa shape index (κ2) is 15.2. The van der Waals surface area contributed by atoms with Gasteiger partial charge in [-0.2, -0.15) is 0 Å². The van der Waals surface area contributed by atoms with E-state index >= 15 is 0 Å². The van der Waals surface area contributed by atoms with Gasteiger partial charge in [-0.15, -0.1) is 0 Å². The van der Waals surface area contributed by atoms with Gasteiger partial charge in [0.05, 0.1) is 19.3 Å². The molecule has 1 unspecified atom stereocenters. The normalized spacial score (nSPS) is 19.8. The van der Waals surface area contributed by atoms with E-state index in [4.69, 9.17) is 9.47 Å². The first kappa shape index (κ1) is 29.3. The Bertz CT molecular complexity index is 1130. The average Bonchev–Trinajstić information content (AvgIpc) is 3.81. The van der Waals surface area contributed by atoms with Crippen LogP contribution in [-0.2, 0) is 17.6 Å².